The molecule has 0 N–H and O–H groups in total. The van der Waals surface area contributed by atoms with E-state index in [1.54, 1.807) is 0 Å². The van der Waals surface area contributed by atoms with Gasteiger partial charge in [-0.15, -0.1) is 0 Å². The fourth-order valence-corrected chi connectivity index (χ4v) is 5.79. The van der Waals surface area contributed by atoms with E-state index in [9.17, 15) is 9.59 Å². The lowest BCUT2D eigenvalue weighted by atomic mass is 9.94. The zero-order valence-electron chi connectivity index (χ0n) is 9.34. The number of halogens is 1. The molecule has 5 aliphatic rings. The number of cyclic esters (lactones) is 1. The first-order valence-electron chi connectivity index (χ1n) is 6.29. The molecular weight excluding hydrogens is 286 g/mol. The lowest BCUT2D eigenvalue weighted by molar-refractivity contribution is -0.129. The van der Waals surface area contributed by atoms with Crippen LogP contribution in [0.1, 0.15) is 12.8 Å². The highest BCUT2D eigenvalue weighted by molar-refractivity contribution is 9.09. The summed E-state index contributed by atoms with van der Waals surface area (Å²) in [5.74, 6) is 3.59. The molecule has 92 valence electrons. The van der Waals surface area contributed by atoms with Gasteiger partial charge in [0.25, 0.3) is 0 Å². The maximum absolute atomic E-state index is 12.1. The van der Waals surface area contributed by atoms with Crippen molar-refractivity contribution in [1.82, 2.24) is 4.90 Å². The zero-order valence-corrected chi connectivity index (χ0v) is 10.9. The van der Waals surface area contributed by atoms with Crippen LogP contribution in [-0.4, -0.2) is 34.9 Å². The second kappa shape index (κ2) is 3.25. The molecule has 5 heteroatoms. The monoisotopic (exact) mass is 299 g/mol. The number of alkyl halides is 1. The van der Waals surface area contributed by atoms with E-state index in [1.165, 1.54) is 11.3 Å². The van der Waals surface area contributed by atoms with E-state index in [0.29, 0.717) is 36.2 Å². The van der Waals surface area contributed by atoms with Gasteiger partial charge in [0.2, 0.25) is 5.91 Å². The van der Waals surface area contributed by atoms with Gasteiger partial charge in [-0.1, -0.05) is 15.9 Å². The van der Waals surface area contributed by atoms with Crippen molar-refractivity contribution in [3.63, 3.8) is 0 Å². The quantitative estimate of drug-likeness (QED) is 0.728. The first-order valence-corrected chi connectivity index (χ1v) is 7.21. The number of ether oxygens (including phenoxy) is 1. The molecule has 0 aromatic heterocycles. The predicted molar refractivity (Wildman–Crippen MR) is 62.5 cm³/mol. The third-order valence-corrected chi connectivity index (χ3v) is 6.42. The molecule has 2 unspecified atom stereocenters. The maximum Gasteiger partial charge on any atom is 0.416 e. The van der Waals surface area contributed by atoms with Gasteiger partial charge < -0.3 is 4.74 Å². The summed E-state index contributed by atoms with van der Waals surface area (Å²) < 4.78 is 4.80. The topological polar surface area (TPSA) is 46.6 Å². The van der Waals surface area contributed by atoms with E-state index in [-0.39, 0.29) is 5.91 Å². The Morgan fingerprint density at radius 1 is 1.41 bits per heavy atom. The van der Waals surface area contributed by atoms with Crippen molar-refractivity contribution in [2.45, 2.75) is 17.7 Å². The molecule has 4 bridgehead atoms. The second-order valence-corrected chi connectivity index (χ2v) is 6.75. The summed E-state index contributed by atoms with van der Waals surface area (Å²) in [5, 5.41) is 0. The average molecular weight is 300 g/mol. The van der Waals surface area contributed by atoms with Crippen LogP contribution in [0.4, 0.5) is 4.79 Å². The Balaban J connectivity index is 1.46. The normalized spacial score (nSPS) is 49.7. The van der Waals surface area contributed by atoms with Crippen molar-refractivity contribution in [2.24, 2.45) is 29.6 Å². The van der Waals surface area contributed by atoms with Crippen LogP contribution in [0.3, 0.4) is 0 Å². The van der Waals surface area contributed by atoms with Crippen LogP contribution in [0.2, 0.25) is 0 Å². The minimum absolute atomic E-state index is 0.0320. The first kappa shape index (κ1) is 10.4. The molecule has 1 aliphatic heterocycles. The van der Waals surface area contributed by atoms with Gasteiger partial charge in [0.05, 0.1) is 6.54 Å². The van der Waals surface area contributed by atoms with Crippen molar-refractivity contribution < 1.29 is 14.3 Å². The Hall–Kier alpha value is -0.580. The van der Waals surface area contributed by atoms with Gasteiger partial charge in [0, 0.05) is 11.2 Å². The summed E-state index contributed by atoms with van der Waals surface area (Å²) in [4.78, 5) is 25.3. The molecule has 0 aromatic carbocycles. The molecule has 0 aromatic rings. The molecule has 4 nitrogen and oxygen atoms in total. The van der Waals surface area contributed by atoms with E-state index in [0.717, 1.165) is 17.8 Å². The van der Waals surface area contributed by atoms with Gasteiger partial charge in [0.15, 0.2) is 0 Å². The minimum Gasteiger partial charge on any atom is -0.447 e. The third kappa shape index (κ3) is 1.23. The fraction of sp³-hybridized carbons (Fsp3) is 0.833. The van der Waals surface area contributed by atoms with E-state index in [2.05, 4.69) is 15.9 Å². The van der Waals surface area contributed by atoms with Crippen molar-refractivity contribution >= 4 is 27.9 Å². The number of carbonyl (C=O) groups excluding carboxylic acids is 2. The van der Waals surface area contributed by atoms with Crippen LogP contribution in [0, 0.1) is 29.6 Å². The van der Waals surface area contributed by atoms with Gasteiger partial charge in [0.1, 0.15) is 6.61 Å². The van der Waals surface area contributed by atoms with Crippen LogP contribution < -0.4 is 0 Å². The fourth-order valence-electron chi connectivity index (χ4n) is 4.44. The van der Waals surface area contributed by atoms with Crippen molar-refractivity contribution in [3.8, 4) is 0 Å². The van der Waals surface area contributed by atoms with Gasteiger partial charge in [-0.2, -0.15) is 0 Å². The van der Waals surface area contributed by atoms with Crippen LogP contribution in [0.25, 0.3) is 0 Å². The van der Waals surface area contributed by atoms with Gasteiger partial charge in [-0.3, -0.25) is 4.79 Å². The predicted octanol–water partition coefficient (Wildman–Crippen LogP) is 1.63. The van der Waals surface area contributed by atoms with Crippen LogP contribution >= 0.6 is 15.9 Å². The summed E-state index contributed by atoms with van der Waals surface area (Å²) in [6, 6.07) is 0. The number of amides is 2. The molecule has 5 rings (SSSR count). The average Bonchev–Trinajstić information content (AvgIpc) is 2.64. The number of imide groups is 1. The molecule has 1 heterocycles. The van der Waals surface area contributed by atoms with Crippen molar-refractivity contribution in [1.29, 1.82) is 0 Å². The minimum atomic E-state index is -0.455. The summed E-state index contributed by atoms with van der Waals surface area (Å²) in [5.41, 5.74) is 0. The highest BCUT2D eigenvalue weighted by atomic mass is 79.9. The molecule has 0 radical (unpaired) electrons. The molecule has 17 heavy (non-hydrogen) atoms. The van der Waals surface area contributed by atoms with Crippen LogP contribution in [-0.2, 0) is 9.53 Å². The molecule has 4 saturated carbocycles. The van der Waals surface area contributed by atoms with E-state index in [4.69, 9.17) is 4.74 Å². The SMILES string of the molecule is O=C(C[C@@H]1C2C3[C@H]2C[C@H]1[C@@H]3Br)N1CCOC1=O. The number of rotatable bonds is 2. The first-order chi connectivity index (χ1) is 8.18. The van der Waals surface area contributed by atoms with Gasteiger partial charge >= 0.3 is 6.09 Å². The summed E-state index contributed by atoms with van der Waals surface area (Å²) >= 11 is 3.76. The number of nitrogens with zero attached hydrogens (tertiary/aromatic N) is 1. The highest BCUT2D eigenvalue weighted by Gasteiger charge is 2.72. The molecule has 2 amide bonds. The van der Waals surface area contributed by atoms with Crippen molar-refractivity contribution in [2.75, 3.05) is 13.2 Å². The summed E-state index contributed by atoms with van der Waals surface area (Å²) in [7, 11) is 0. The van der Waals surface area contributed by atoms with E-state index < -0.39 is 6.09 Å². The Labute approximate surface area is 108 Å². The van der Waals surface area contributed by atoms with Gasteiger partial charge in [-0.05, 0) is 36.0 Å². The molecule has 0 spiro atoms. The Kier molecular flexibility index (Phi) is 1.98. The van der Waals surface area contributed by atoms with Crippen LogP contribution in [0.5, 0.6) is 0 Å². The Bertz CT molecular complexity index is 413. The molecule has 1 saturated heterocycles. The molecular formula is C12H14BrNO3. The third-order valence-electron chi connectivity index (χ3n) is 5.13. The number of hydrogen-bond donors (Lipinski definition) is 0. The lowest BCUT2D eigenvalue weighted by Crippen LogP contribution is -2.33. The Morgan fingerprint density at radius 2 is 2.24 bits per heavy atom. The maximum atomic E-state index is 12.1. The van der Waals surface area contributed by atoms with Crippen LogP contribution in [0.15, 0.2) is 0 Å². The largest absolute Gasteiger partial charge is 0.447 e. The van der Waals surface area contributed by atoms with E-state index in [1.807, 2.05) is 0 Å². The standard InChI is InChI=1S/C12H14BrNO3/c13-11-6-3-7-9(10(7)11)5(6)4-8(15)14-1-2-17-12(14)16/h5-7,9-11H,1-4H2/t5-,6+,7-,9?,10?,11-/m0/s1. The lowest BCUT2D eigenvalue weighted by Gasteiger charge is -2.18. The molecule has 5 fully saturated rings. The van der Waals surface area contributed by atoms with Gasteiger partial charge in [-0.25, -0.2) is 9.69 Å². The number of carbonyl (C=O) groups is 2. The smallest absolute Gasteiger partial charge is 0.416 e. The highest BCUT2D eigenvalue weighted by Crippen LogP contribution is 2.75. The Morgan fingerprint density at radius 3 is 2.71 bits per heavy atom. The zero-order chi connectivity index (χ0) is 11.7. The second-order valence-electron chi connectivity index (χ2n) is 5.69. The molecule has 6 atom stereocenters. The summed E-state index contributed by atoms with van der Waals surface area (Å²) in [6.45, 7) is 0.790. The summed E-state index contributed by atoms with van der Waals surface area (Å²) in [6.07, 6.45) is 1.37. The van der Waals surface area contributed by atoms with E-state index >= 15 is 0 Å². The molecule has 4 aliphatic carbocycles. The van der Waals surface area contributed by atoms with Crippen molar-refractivity contribution in [3.05, 3.63) is 0 Å². The number of hydrogen-bond acceptors (Lipinski definition) is 3.